The minimum atomic E-state index is -0.454. The first kappa shape index (κ1) is 13.0. The first-order chi connectivity index (χ1) is 9.08. The molecule has 19 heavy (non-hydrogen) atoms. The van der Waals surface area contributed by atoms with Crippen LogP contribution in [-0.2, 0) is 9.53 Å². The Morgan fingerprint density at radius 2 is 2.26 bits per heavy atom. The second-order valence-electron chi connectivity index (χ2n) is 4.38. The van der Waals surface area contributed by atoms with Crippen molar-refractivity contribution in [3.8, 4) is 6.07 Å². The number of nitrogens with one attached hydrogen (secondary N) is 2. The zero-order valence-corrected chi connectivity index (χ0v) is 11.1. The van der Waals surface area contributed by atoms with Crippen LogP contribution in [0.1, 0.15) is 18.1 Å². The molecule has 0 spiro atoms. The molecule has 2 aromatic rings. The zero-order valence-electron chi connectivity index (χ0n) is 11.1. The maximum atomic E-state index is 11.4. The van der Waals surface area contributed by atoms with Gasteiger partial charge in [0.1, 0.15) is 12.1 Å². The molecule has 2 rings (SSSR count). The van der Waals surface area contributed by atoms with E-state index in [2.05, 4.69) is 21.1 Å². The number of methoxy groups -OCH3 is 1. The number of ether oxygens (including phenoxy) is 1. The van der Waals surface area contributed by atoms with Crippen LogP contribution < -0.4 is 5.32 Å². The van der Waals surface area contributed by atoms with Gasteiger partial charge in [-0.05, 0) is 25.5 Å². The molecule has 1 aromatic carbocycles. The topological polar surface area (TPSA) is 77.9 Å². The summed E-state index contributed by atoms with van der Waals surface area (Å²) < 4.78 is 4.68. The van der Waals surface area contributed by atoms with Crippen LogP contribution >= 0.6 is 0 Å². The van der Waals surface area contributed by atoms with Gasteiger partial charge in [-0.2, -0.15) is 5.26 Å². The quantitative estimate of drug-likeness (QED) is 0.827. The molecule has 0 aliphatic rings. The van der Waals surface area contributed by atoms with E-state index in [4.69, 9.17) is 5.26 Å². The third-order valence-corrected chi connectivity index (χ3v) is 3.09. The van der Waals surface area contributed by atoms with Gasteiger partial charge in [0, 0.05) is 11.6 Å². The average Bonchev–Trinajstić information content (AvgIpc) is 2.85. The number of H-pyrrole nitrogens is 1. The van der Waals surface area contributed by atoms with Gasteiger partial charge in [0.15, 0.2) is 0 Å². The van der Waals surface area contributed by atoms with Crippen LogP contribution in [-0.4, -0.2) is 24.1 Å². The molecule has 5 heteroatoms. The lowest BCUT2D eigenvalue weighted by Gasteiger charge is -2.14. The van der Waals surface area contributed by atoms with Crippen molar-refractivity contribution in [1.82, 2.24) is 4.98 Å². The van der Waals surface area contributed by atoms with Crippen molar-refractivity contribution >= 4 is 22.6 Å². The van der Waals surface area contributed by atoms with Crippen LogP contribution in [0.2, 0.25) is 0 Å². The lowest BCUT2D eigenvalue weighted by molar-refractivity contribution is -0.141. The smallest absolute Gasteiger partial charge is 0.327 e. The maximum Gasteiger partial charge on any atom is 0.327 e. The van der Waals surface area contributed by atoms with E-state index in [1.54, 1.807) is 13.1 Å². The molecular formula is C14H15N3O2. The Balaban J connectivity index is 2.46. The highest BCUT2D eigenvalue weighted by molar-refractivity contribution is 5.98. The molecule has 1 unspecified atom stereocenters. The zero-order chi connectivity index (χ0) is 14.0. The average molecular weight is 257 g/mol. The molecule has 0 saturated heterocycles. The minimum absolute atomic E-state index is 0.333. The first-order valence-corrected chi connectivity index (χ1v) is 5.93. The van der Waals surface area contributed by atoms with Crippen molar-refractivity contribution in [1.29, 1.82) is 5.26 Å². The summed E-state index contributed by atoms with van der Waals surface area (Å²) in [5.41, 5.74) is 3.22. The van der Waals surface area contributed by atoms with Gasteiger partial charge in [-0.3, -0.25) is 0 Å². The maximum absolute atomic E-state index is 11.4. The van der Waals surface area contributed by atoms with Crippen LogP contribution in [0, 0.1) is 18.3 Å². The standard InChI is InChI=1S/C14H15N3O2/c1-8-4-5-11(17-9(2)14(18)19-3)13-12(8)10(6-15)7-16-13/h4-5,7,9,16-17H,1-3H3. The van der Waals surface area contributed by atoms with Crippen molar-refractivity contribution in [3.05, 3.63) is 29.5 Å². The van der Waals surface area contributed by atoms with Gasteiger partial charge in [-0.15, -0.1) is 0 Å². The molecule has 1 heterocycles. The molecule has 0 aliphatic heterocycles. The molecular weight excluding hydrogens is 242 g/mol. The minimum Gasteiger partial charge on any atom is -0.467 e. The van der Waals surface area contributed by atoms with E-state index in [1.165, 1.54) is 7.11 Å². The van der Waals surface area contributed by atoms with Crippen molar-refractivity contribution in [2.75, 3.05) is 12.4 Å². The molecule has 5 nitrogen and oxygen atoms in total. The Morgan fingerprint density at radius 3 is 2.89 bits per heavy atom. The van der Waals surface area contributed by atoms with Gasteiger partial charge in [0.05, 0.1) is 23.9 Å². The summed E-state index contributed by atoms with van der Waals surface area (Å²) in [6, 6.07) is 5.50. The predicted octanol–water partition coefficient (Wildman–Crippen LogP) is 2.32. The molecule has 0 fully saturated rings. The van der Waals surface area contributed by atoms with Crippen molar-refractivity contribution < 1.29 is 9.53 Å². The molecule has 1 atom stereocenters. The lowest BCUT2D eigenvalue weighted by Crippen LogP contribution is -2.27. The molecule has 98 valence electrons. The van der Waals surface area contributed by atoms with Gasteiger partial charge in [0.25, 0.3) is 0 Å². The third-order valence-electron chi connectivity index (χ3n) is 3.09. The number of hydrogen-bond donors (Lipinski definition) is 2. The molecule has 0 aliphatic carbocycles. The predicted molar refractivity (Wildman–Crippen MR) is 72.9 cm³/mol. The van der Waals surface area contributed by atoms with E-state index in [1.807, 2.05) is 19.1 Å². The van der Waals surface area contributed by atoms with E-state index in [0.29, 0.717) is 5.56 Å². The van der Waals surface area contributed by atoms with Crippen LogP contribution in [0.15, 0.2) is 18.3 Å². The van der Waals surface area contributed by atoms with Gasteiger partial charge in [-0.1, -0.05) is 6.07 Å². The van der Waals surface area contributed by atoms with Crippen molar-refractivity contribution in [2.24, 2.45) is 0 Å². The summed E-state index contributed by atoms with van der Waals surface area (Å²) in [4.78, 5) is 14.5. The van der Waals surface area contributed by atoms with Crippen LogP contribution in [0.4, 0.5) is 5.69 Å². The summed E-state index contributed by atoms with van der Waals surface area (Å²) in [5.74, 6) is -0.333. The number of rotatable bonds is 3. The fraction of sp³-hybridized carbons (Fsp3) is 0.286. The molecule has 0 radical (unpaired) electrons. The second-order valence-corrected chi connectivity index (χ2v) is 4.38. The number of hydrogen-bond acceptors (Lipinski definition) is 4. The number of carbonyl (C=O) groups excluding carboxylic acids is 1. The van der Waals surface area contributed by atoms with Gasteiger partial charge in [-0.25, -0.2) is 4.79 Å². The summed E-state index contributed by atoms with van der Waals surface area (Å²) in [6.07, 6.45) is 1.67. The largest absolute Gasteiger partial charge is 0.467 e. The van der Waals surface area contributed by atoms with Crippen LogP contribution in [0.5, 0.6) is 0 Å². The summed E-state index contributed by atoms with van der Waals surface area (Å²) in [6.45, 7) is 3.68. The van der Waals surface area contributed by atoms with Crippen LogP contribution in [0.25, 0.3) is 10.9 Å². The normalized spacial score (nSPS) is 11.9. The highest BCUT2D eigenvalue weighted by Crippen LogP contribution is 2.28. The molecule has 2 N–H and O–H groups in total. The SMILES string of the molecule is COC(=O)C(C)Nc1ccc(C)c2c(C#N)c[nH]c12. The number of anilines is 1. The van der Waals surface area contributed by atoms with Gasteiger partial charge in [0.2, 0.25) is 0 Å². The van der Waals surface area contributed by atoms with Crippen molar-refractivity contribution in [3.63, 3.8) is 0 Å². The van der Waals surface area contributed by atoms with E-state index in [9.17, 15) is 4.79 Å². The lowest BCUT2D eigenvalue weighted by atomic mass is 10.1. The molecule has 0 amide bonds. The number of esters is 1. The second kappa shape index (κ2) is 5.02. The number of carbonyl (C=O) groups is 1. The number of aromatic amines is 1. The van der Waals surface area contributed by atoms with E-state index in [-0.39, 0.29) is 5.97 Å². The van der Waals surface area contributed by atoms with E-state index in [0.717, 1.165) is 22.2 Å². The number of fused-ring (bicyclic) bond motifs is 1. The Labute approximate surface area is 111 Å². The number of aromatic nitrogens is 1. The Kier molecular flexibility index (Phi) is 3.43. The van der Waals surface area contributed by atoms with Crippen molar-refractivity contribution in [2.45, 2.75) is 19.9 Å². The summed E-state index contributed by atoms with van der Waals surface area (Å²) >= 11 is 0. The highest BCUT2D eigenvalue weighted by atomic mass is 16.5. The molecule has 0 saturated carbocycles. The highest BCUT2D eigenvalue weighted by Gasteiger charge is 2.16. The molecule has 1 aromatic heterocycles. The third kappa shape index (κ3) is 2.25. The molecule has 0 bridgehead atoms. The number of aryl methyl sites for hydroxylation is 1. The first-order valence-electron chi connectivity index (χ1n) is 5.93. The Hall–Kier alpha value is -2.48. The Morgan fingerprint density at radius 1 is 1.53 bits per heavy atom. The monoisotopic (exact) mass is 257 g/mol. The van der Waals surface area contributed by atoms with Gasteiger partial charge >= 0.3 is 5.97 Å². The number of nitriles is 1. The van der Waals surface area contributed by atoms with Gasteiger partial charge < -0.3 is 15.0 Å². The van der Waals surface area contributed by atoms with E-state index < -0.39 is 6.04 Å². The number of benzene rings is 1. The van der Waals surface area contributed by atoms with Crippen LogP contribution in [0.3, 0.4) is 0 Å². The summed E-state index contributed by atoms with van der Waals surface area (Å²) in [7, 11) is 1.35. The summed E-state index contributed by atoms with van der Waals surface area (Å²) in [5, 5.41) is 13.0. The fourth-order valence-corrected chi connectivity index (χ4v) is 2.10. The Bertz CT molecular complexity index is 667. The fourth-order valence-electron chi connectivity index (χ4n) is 2.10. The van der Waals surface area contributed by atoms with E-state index >= 15 is 0 Å². The number of nitrogens with zero attached hydrogens (tertiary/aromatic N) is 1.